The summed E-state index contributed by atoms with van der Waals surface area (Å²) in [4.78, 5) is 4.07. The van der Waals surface area contributed by atoms with Gasteiger partial charge in [-0.05, 0) is 12.1 Å². The maximum absolute atomic E-state index is 8.76. The second-order valence-electron chi connectivity index (χ2n) is 3.31. The number of anilines is 1. The Morgan fingerprint density at radius 2 is 2.00 bits per heavy atom. The summed E-state index contributed by atoms with van der Waals surface area (Å²) in [6.45, 7) is -0.0578. The molecular weight excluding hydrogens is 265 g/mol. The zero-order valence-corrected chi connectivity index (χ0v) is 10.2. The van der Waals surface area contributed by atoms with E-state index in [-0.39, 0.29) is 12.5 Å². The van der Waals surface area contributed by atoms with Crippen molar-refractivity contribution < 1.29 is 9.63 Å². The van der Waals surface area contributed by atoms with Crippen molar-refractivity contribution in [1.82, 2.24) is 10.1 Å². The first-order valence-electron chi connectivity index (χ1n) is 4.80. The summed E-state index contributed by atoms with van der Waals surface area (Å²) in [7, 11) is 0. The maximum atomic E-state index is 8.76. The molecule has 0 saturated carbocycles. The van der Waals surface area contributed by atoms with Crippen molar-refractivity contribution in [3.8, 4) is 11.5 Å². The Bertz CT molecular complexity index is 542. The largest absolute Gasteiger partial charge is 0.397 e. The highest BCUT2D eigenvalue weighted by Gasteiger charge is 2.17. The maximum Gasteiger partial charge on any atom is 0.261 e. The molecule has 1 aromatic carbocycles. The predicted octanol–water partition coefficient (Wildman–Crippen LogP) is 2.16. The number of hydrogen-bond donors (Lipinski definition) is 2. The molecule has 7 heteroatoms. The van der Waals surface area contributed by atoms with Crippen LogP contribution < -0.4 is 5.73 Å². The fourth-order valence-electron chi connectivity index (χ4n) is 1.34. The summed E-state index contributed by atoms with van der Waals surface area (Å²) in [6, 6.07) is 3.19. The van der Waals surface area contributed by atoms with E-state index in [1.807, 2.05) is 0 Å². The van der Waals surface area contributed by atoms with Crippen molar-refractivity contribution in [2.24, 2.45) is 0 Å². The molecule has 5 nitrogen and oxygen atoms in total. The number of nitrogens with zero attached hydrogens (tertiary/aromatic N) is 2. The van der Waals surface area contributed by atoms with Gasteiger partial charge in [0.15, 0.2) is 5.82 Å². The highest BCUT2D eigenvalue weighted by atomic mass is 35.5. The summed E-state index contributed by atoms with van der Waals surface area (Å²) >= 11 is 11.9. The van der Waals surface area contributed by atoms with Gasteiger partial charge in [0.25, 0.3) is 5.89 Å². The lowest BCUT2D eigenvalue weighted by molar-refractivity contribution is 0.293. The standard InChI is InChI=1S/C10H9Cl2N3O2/c11-5-1-2-6(12)9(13)8(5)10-14-7(3-4-16)15-17-10/h1-2,16H,3-4,13H2. The van der Waals surface area contributed by atoms with Crippen LogP contribution >= 0.6 is 23.2 Å². The monoisotopic (exact) mass is 273 g/mol. The van der Waals surface area contributed by atoms with Crippen LogP contribution in [0, 0.1) is 0 Å². The third-order valence-electron chi connectivity index (χ3n) is 2.16. The molecule has 0 bridgehead atoms. The molecule has 0 spiro atoms. The minimum atomic E-state index is -0.0578. The van der Waals surface area contributed by atoms with Crippen molar-refractivity contribution in [2.75, 3.05) is 12.3 Å². The van der Waals surface area contributed by atoms with Crippen molar-refractivity contribution in [3.63, 3.8) is 0 Å². The molecule has 0 amide bonds. The van der Waals surface area contributed by atoms with Gasteiger partial charge in [-0.2, -0.15) is 4.98 Å². The topological polar surface area (TPSA) is 85.2 Å². The molecule has 0 atom stereocenters. The number of aliphatic hydroxyl groups is 1. The summed E-state index contributed by atoms with van der Waals surface area (Å²) in [6.07, 6.45) is 0.307. The number of rotatable bonds is 3. The fraction of sp³-hybridized carbons (Fsp3) is 0.200. The Balaban J connectivity index is 2.48. The Morgan fingerprint density at radius 1 is 1.29 bits per heavy atom. The molecule has 17 heavy (non-hydrogen) atoms. The average molecular weight is 274 g/mol. The molecule has 0 aliphatic rings. The minimum absolute atomic E-state index is 0.0578. The Labute approximate surface area is 107 Å². The Kier molecular flexibility index (Phi) is 3.51. The van der Waals surface area contributed by atoms with Crippen LogP contribution in [0.2, 0.25) is 10.0 Å². The van der Waals surface area contributed by atoms with E-state index in [1.165, 1.54) is 0 Å². The lowest BCUT2D eigenvalue weighted by Gasteiger charge is -2.04. The highest BCUT2D eigenvalue weighted by molar-refractivity contribution is 6.37. The van der Waals surface area contributed by atoms with Gasteiger partial charge in [-0.25, -0.2) is 0 Å². The zero-order valence-electron chi connectivity index (χ0n) is 8.65. The van der Waals surface area contributed by atoms with Crippen LogP contribution in [0.15, 0.2) is 16.7 Å². The van der Waals surface area contributed by atoms with Crippen molar-refractivity contribution in [3.05, 3.63) is 28.0 Å². The molecule has 90 valence electrons. The van der Waals surface area contributed by atoms with E-state index in [0.29, 0.717) is 33.5 Å². The Hall–Kier alpha value is -1.30. The molecule has 0 aliphatic carbocycles. The fourth-order valence-corrected chi connectivity index (χ4v) is 1.75. The second kappa shape index (κ2) is 4.91. The zero-order chi connectivity index (χ0) is 12.4. The summed E-state index contributed by atoms with van der Waals surface area (Å²) < 4.78 is 5.02. The second-order valence-corrected chi connectivity index (χ2v) is 4.12. The van der Waals surface area contributed by atoms with Crippen LogP contribution in [0.3, 0.4) is 0 Å². The lowest BCUT2D eigenvalue weighted by Crippen LogP contribution is -1.94. The van der Waals surface area contributed by atoms with Gasteiger partial charge in [0.1, 0.15) is 0 Å². The summed E-state index contributed by atoms with van der Waals surface area (Å²) in [5.41, 5.74) is 6.51. The first-order valence-corrected chi connectivity index (χ1v) is 5.56. The number of aliphatic hydroxyl groups excluding tert-OH is 1. The van der Waals surface area contributed by atoms with Crippen LogP contribution in [0.5, 0.6) is 0 Å². The summed E-state index contributed by atoms with van der Waals surface area (Å²) in [5, 5.41) is 13.2. The van der Waals surface area contributed by atoms with Crippen LogP contribution in [0.25, 0.3) is 11.5 Å². The molecule has 0 aliphatic heterocycles. The molecule has 2 aromatic rings. The van der Waals surface area contributed by atoms with Gasteiger partial charge in [0, 0.05) is 6.42 Å². The van der Waals surface area contributed by atoms with E-state index < -0.39 is 0 Å². The number of hydrogen-bond acceptors (Lipinski definition) is 5. The van der Waals surface area contributed by atoms with E-state index in [9.17, 15) is 0 Å². The minimum Gasteiger partial charge on any atom is -0.397 e. The molecule has 0 saturated heterocycles. The van der Waals surface area contributed by atoms with Crippen LogP contribution in [0.4, 0.5) is 5.69 Å². The predicted molar refractivity (Wildman–Crippen MR) is 65.0 cm³/mol. The quantitative estimate of drug-likeness (QED) is 0.838. The van der Waals surface area contributed by atoms with Crippen molar-refractivity contribution in [1.29, 1.82) is 0 Å². The Morgan fingerprint density at radius 3 is 2.71 bits per heavy atom. The normalized spacial score (nSPS) is 10.8. The van der Waals surface area contributed by atoms with Crippen LogP contribution in [-0.4, -0.2) is 21.9 Å². The molecule has 0 fully saturated rings. The van der Waals surface area contributed by atoms with E-state index in [1.54, 1.807) is 12.1 Å². The molecule has 1 aromatic heterocycles. The number of aromatic nitrogens is 2. The van der Waals surface area contributed by atoms with Gasteiger partial charge in [0.05, 0.1) is 27.9 Å². The molecule has 1 heterocycles. The molecule has 3 N–H and O–H groups in total. The van der Waals surface area contributed by atoms with E-state index in [0.717, 1.165) is 0 Å². The first-order chi connectivity index (χ1) is 8.13. The molecule has 0 unspecified atom stereocenters. The van der Waals surface area contributed by atoms with E-state index in [2.05, 4.69) is 10.1 Å². The van der Waals surface area contributed by atoms with Gasteiger partial charge in [-0.15, -0.1) is 0 Å². The number of halogens is 2. The third kappa shape index (κ3) is 2.36. The third-order valence-corrected chi connectivity index (χ3v) is 2.80. The smallest absolute Gasteiger partial charge is 0.261 e. The van der Waals surface area contributed by atoms with E-state index in [4.69, 9.17) is 38.6 Å². The first kappa shape index (κ1) is 12.2. The van der Waals surface area contributed by atoms with Gasteiger partial charge in [-0.1, -0.05) is 28.4 Å². The summed E-state index contributed by atoms with van der Waals surface area (Å²) in [5.74, 6) is 0.580. The van der Waals surface area contributed by atoms with Gasteiger partial charge in [-0.3, -0.25) is 0 Å². The SMILES string of the molecule is Nc1c(Cl)ccc(Cl)c1-c1nc(CCO)no1. The number of nitrogen functional groups attached to an aromatic ring is 1. The lowest BCUT2D eigenvalue weighted by atomic mass is 10.2. The highest BCUT2D eigenvalue weighted by Crippen LogP contribution is 2.36. The van der Waals surface area contributed by atoms with E-state index >= 15 is 0 Å². The molecule has 2 rings (SSSR count). The number of nitrogens with two attached hydrogens (primary N) is 1. The molecular formula is C10H9Cl2N3O2. The molecule has 0 radical (unpaired) electrons. The number of benzene rings is 1. The van der Waals surface area contributed by atoms with Crippen LogP contribution in [0.1, 0.15) is 5.82 Å². The van der Waals surface area contributed by atoms with Crippen molar-refractivity contribution >= 4 is 28.9 Å². The van der Waals surface area contributed by atoms with Gasteiger partial charge in [0.2, 0.25) is 0 Å². The van der Waals surface area contributed by atoms with Gasteiger partial charge >= 0.3 is 0 Å². The van der Waals surface area contributed by atoms with Gasteiger partial charge < -0.3 is 15.4 Å². The average Bonchev–Trinajstić information content (AvgIpc) is 2.73. The van der Waals surface area contributed by atoms with Crippen LogP contribution in [-0.2, 0) is 6.42 Å². The van der Waals surface area contributed by atoms with Crippen molar-refractivity contribution in [2.45, 2.75) is 6.42 Å².